The second-order valence-electron chi connectivity index (χ2n) is 6.08. The molecule has 0 aliphatic carbocycles. The first-order valence-electron chi connectivity index (χ1n) is 8.18. The molecule has 0 unspecified atom stereocenters. The molecular weight excluding hydrogens is 474 g/mol. The molecule has 2 rings (SSSR count). The van der Waals surface area contributed by atoms with Crippen molar-refractivity contribution in [3.05, 3.63) is 68.5 Å². The molecule has 31 heavy (non-hydrogen) atoms. The number of carbonyl (C=O) groups is 2. The summed E-state index contributed by atoms with van der Waals surface area (Å²) in [6.07, 6.45) is -0.799. The van der Waals surface area contributed by atoms with Crippen molar-refractivity contribution in [2.45, 2.75) is 24.9 Å². The Labute approximate surface area is 182 Å². The molecule has 0 bridgehead atoms. The maximum Gasteiger partial charge on any atom is 0.320 e. The van der Waals surface area contributed by atoms with Crippen LogP contribution in [-0.2, 0) is 22.4 Å². The van der Waals surface area contributed by atoms with Crippen LogP contribution in [0.4, 0.5) is 22.0 Å². The van der Waals surface area contributed by atoms with Crippen LogP contribution in [-0.4, -0.2) is 34.2 Å². The quantitative estimate of drug-likeness (QED) is 0.280. The number of halogens is 7. The van der Waals surface area contributed by atoms with E-state index in [4.69, 9.17) is 44.9 Å². The third kappa shape index (κ3) is 7.03. The van der Waals surface area contributed by atoms with Gasteiger partial charge in [-0.3, -0.25) is 9.59 Å². The number of benzene rings is 2. The molecule has 6 nitrogen and oxygen atoms in total. The summed E-state index contributed by atoms with van der Waals surface area (Å²) >= 11 is 11.5. The van der Waals surface area contributed by atoms with Crippen LogP contribution in [0.3, 0.4) is 0 Å². The highest BCUT2D eigenvalue weighted by Crippen LogP contribution is 2.24. The molecule has 0 saturated carbocycles. The first-order valence-corrected chi connectivity index (χ1v) is 8.94. The van der Waals surface area contributed by atoms with Gasteiger partial charge in [-0.25, -0.2) is 22.0 Å². The van der Waals surface area contributed by atoms with E-state index in [9.17, 15) is 31.5 Å². The van der Waals surface area contributed by atoms with Gasteiger partial charge in [-0.05, 0) is 24.1 Å². The SMILES string of the molecule is N[C@@H](Cc1c(F)c(F)c(F)c(F)c1F)C(=O)O.N[C@@H](Cc1ccc(Cl)cc1Cl)C(=O)O. The molecule has 2 aromatic rings. The molecular formula is C18H15Cl2F5N2O4. The van der Waals surface area contributed by atoms with E-state index in [2.05, 4.69) is 0 Å². The second-order valence-corrected chi connectivity index (χ2v) is 6.93. The molecule has 13 heteroatoms. The molecule has 0 heterocycles. The van der Waals surface area contributed by atoms with Gasteiger partial charge in [0.1, 0.15) is 12.1 Å². The minimum absolute atomic E-state index is 0.200. The van der Waals surface area contributed by atoms with Crippen molar-refractivity contribution in [3.8, 4) is 0 Å². The van der Waals surface area contributed by atoms with E-state index in [-0.39, 0.29) is 6.42 Å². The lowest BCUT2D eigenvalue weighted by Crippen LogP contribution is -2.33. The van der Waals surface area contributed by atoms with Crippen molar-refractivity contribution in [3.63, 3.8) is 0 Å². The van der Waals surface area contributed by atoms with Gasteiger partial charge in [0.2, 0.25) is 5.82 Å². The fourth-order valence-electron chi connectivity index (χ4n) is 2.15. The van der Waals surface area contributed by atoms with Gasteiger partial charge in [0.25, 0.3) is 0 Å². The molecule has 0 aliphatic heterocycles. The zero-order valence-corrected chi connectivity index (χ0v) is 16.8. The first-order chi connectivity index (χ1) is 14.3. The molecule has 0 fully saturated rings. The van der Waals surface area contributed by atoms with Crippen LogP contribution in [0.5, 0.6) is 0 Å². The maximum atomic E-state index is 13.1. The fraction of sp³-hybridized carbons (Fsp3) is 0.222. The first kappa shape index (κ1) is 26.6. The third-order valence-electron chi connectivity index (χ3n) is 3.81. The van der Waals surface area contributed by atoms with Crippen LogP contribution in [0.25, 0.3) is 0 Å². The minimum atomic E-state index is -2.30. The van der Waals surface area contributed by atoms with Crippen molar-refractivity contribution in [2.24, 2.45) is 11.5 Å². The summed E-state index contributed by atoms with van der Waals surface area (Å²) < 4.78 is 64.1. The zero-order chi connectivity index (χ0) is 24.0. The molecule has 0 aliphatic rings. The molecule has 2 atom stereocenters. The maximum absolute atomic E-state index is 13.1. The number of carboxylic acids is 2. The average Bonchev–Trinajstić information content (AvgIpc) is 2.70. The topological polar surface area (TPSA) is 127 Å². The van der Waals surface area contributed by atoms with E-state index in [1.54, 1.807) is 18.2 Å². The predicted molar refractivity (Wildman–Crippen MR) is 101 cm³/mol. The summed E-state index contributed by atoms with van der Waals surface area (Å²) in [4.78, 5) is 20.8. The molecule has 0 saturated heterocycles. The van der Waals surface area contributed by atoms with Gasteiger partial charge in [0, 0.05) is 22.0 Å². The van der Waals surface area contributed by atoms with Crippen molar-refractivity contribution >= 4 is 35.1 Å². The Morgan fingerprint density at radius 1 is 0.806 bits per heavy atom. The van der Waals surface area contributed by atoms with E-state index >= 15 is 0 Å². The summed E-state index contributed by atoms with van der Waals surface area (Å²) in [5, 5.41) is 17.9. The second kappa shape index (κ2) is 11.2. The van der Waals surface area contributed by atoms with Crippen LogP contribution >= 0.6 is 23.2 Å². The number of carboxylic acid groups (broad SMARTS) is 2. The highest BCUT2D eigenvalue weighted by Gasteiger charge is 2.27. The molecule has 0 radical (unpaired) electrons. The number of aliphatic carboxylic acids is 2. The number of hydrogen-bond acceptors (Lipinski definition) is 4. The number of hydrogen-bond donors (Lipinski definition) is 4. The Morgan fingerprint density at radius 3 is 1.65 bits per heavy atom. The van der Waals surface area contributed by atoms with E-state index in [1.165, 1.54) is 0 Å². The highest BCUT2D eigenvalue weighted by atomic mass is 35.5. The zero-order valence-electron chi connectivity index (χ0n) is 15.3. The van der Waals surface area contributed by atoms with Crippen LogP contribution in [0.15, 0.2) is 18.2 Å². The monoisotopic (exact) mass is 488 g/mol. The fourth-order valence-corrected chi connectivity index (χ4v) is 2.63. The summed E-state index contributed by atoms with van der Waals surface area (Å²) in [7, 11) is 0. The molecule has 0 spiro atoms. The molecule has 170 valence electrons. The van der Waals surface area contributed by atoms with Crippen molar-refractivity contribution < 1.29 is 41.8 Å². The Balaban J connectivity index is 0.000000316. The van der Waals surface area contributed by atoms with Gasteiger partial charge in [0.15, 0.2) is 23.3 Å². The highest BCUT2D eigenvalue weighted by molar-refractivity contribution is 6.35. The number of nitrogens with two attached hydrogens (primary N) is 2. The lowest BCUT2D eigenvalue weighted by Gasteiger charge is -2.10. The summed E-state index contributed by atoms with van der Waals surface area (Å²) in [5.74, 6) is -13.4. The Kier molecular flexibility index (Phi) is 9.63. The lowest BCUT2D eigenvalue weighted by atomic mass is 10.0. The normalized spacial score (nSPS) is 12.5. The third-order valence-corrected chi connectivity index (χ3v) is 4.40. The molecule has 2 aromatic carbocycles. The van der Waals surface area contributed by atoms with Gasteiger partial charge in [-0.2, -0.15) is 0 Å². The van der Waals surface area contributed by atoms with E-state index in [0.29, 0.717) is 15.6 Å². The minimum Gasteiger partial charge on any atom is -0.480 e. The summed E-state index contributed by atoms with van der Waals surface area (Å²) in [6.45, 7) is 0. The van der Waals surface area contributed by atoms with Gasteiger partial charge < -0.3 is 21.7 Å². The van der Waals surface area contributed by atoms with Crippen LogP contribution in [0.1, 0.15) is 11.1 Å². The van der Waals surface area contributed by atoms with Gasteiger partial charge in [-0.15, -0.1) is 0 Å². The van der Waals surface area contributed by atoms with Crippen LogP contribution in [0.2, 0.25) is 10.0 Å². The van der Waals surface area contributed by atoms with Gasteiger partial charge >= 0.3 is 11.9 Å². The standard InChI is InChI=1S/C9H9Cl2NO2.C9H6F5NO2/c10-6-2-1-5(7(11)4-6)3-8(12)9(13)14;10-4-2(1-3(15)9(16)17)5(11)7(13)8(14)6(4)12/h1-2,4,8H,3,12H2,(H,13,14);3H,1,15H2,(H,16,17)/t8-;3-/m00/s1. The van der Waals surface area contributed by atoms with E-state index in [1.807, 2.05) is 0 Å². The summed E-state index contributed by atoms with van der Waals surface area (Å²) in [5.41, 5.74) is 9.76. The number of rotatable bonds is 6. The smallest absolute Gasteiger partial charge is 0.320 e. The molecule has 0 aromatic heterocycles. The predicted octanol–water partition coefficient (Wildman–Crippen LogP) is 3.28. The lowest BCUT2D eigenvalue weighted by molar-refractivity contribution is -0.139. The van der Waals surface area contributed by atoms with Gasteiger partial charge in [-0.1, -0.05) is 29.3 Å². The van der Waals surface area contributed by atoms with Crippen molar-refractivity contribution in [2.75, 3.05) is 0 Å². The Morgan fingerprint density at radius 2 is 1.23 bits per heavy atom. The van der Waals surface area contributed by atoms with Crippen molar-refractivity contribution in [1.29, 1.82) is 0 Å². The Bertz CT molecular complexity index is 965. The average molecular weight is 489 g/mol. The summed E-state index contributed by atoms with van der Waals surface area (Å²) in [6, 6.07) is 2.19. The van der Waals surface area contributed by atoms with E-state index < -0.39 is 65.1 Å². The van der Waals surface area contributed by atoms with Crippen molar-refractivity contribution in [1.82, 2.24) is 0 Å². The largest absolute Gasteiger partial charge is 0.480 e. The molecule has 0 amide bonds. The Hall–Kier alpha value is -2.47. The molecule has 6 N–H and O–H groups in total. The van der Waals surface area contributed by atoms with Crippen LogP contribution in [0, 0.1) is 29.1 Å². The van der Waals surface area contributed by atoms with Crippen LogP contribution < -0.4 is 11.5 Å². The van der Waals surface area contributed by atoms with Gasteiger partial charge in [0.05, 0.1) is 0 Å². The van der Waals surface area contributed by atoms with E-state index in [0.717, 1.165) is 0 Å².